The van der Waals surface area contributed by atoms with Crippen molar-refractivity contribution >= 4 is 11.9 Å². The number of likely N-dealkylation sites (tertiary alicyclic amines) is 1. The van der Waals surface area contributed by atoms with Gasteiger partial charge < -0.3 is 19.7 Å². The van der Waals surface area contributed by atoms with Gasteiger partial charge in [0.05, 0.1) is 7.11 Å². The molecule has 2 heterocycles. The summed E-state index contributed by atoms with van der Waals surface area (Å²) in [5.41, 5.74) is -0.569. The number of ether oxygens (including phenoxy) is 2. The highest BCUT2D eigenvalue weighted by atomic mass is 16.6. The Bertz CT molecular complexity index is 589. The first kappa shape index (κ1) is 18.4. The minimum atomic E-state index is -0.471. The molecule has 0 bridgehead atoms. The van der Waals surface area contributed by atoms with Crippen LogP contribution < -0.4 is 10.1 Å². The Morgan fingerprint density at radius 3 is 2.58 bits per heavy atom. The van der Waals surface area contributed by atoms with Gasteiger partial charge in [-0.25, -0.2) is 9.48 Å². The molecule has 1 aromatic heterocycles. The van der Waals surface area contributed by atoms with E-state index in [1.807, 2.05) is 33.9 Å². The summed E-state index contributed by atoms with van der Waals surface area (Å²) < 4.78 is 12.4. The van der Waals surface area contributed by atoms with Gasteiger partial charge in [0.25, 0.3) is 0 Å². The van der Waals surface area contributed by atoms with Crippen molar-refractivity contribution in [1.29, 1.82) is 0 Å². The molecule has 1 aliphatic rings. The highest BCUT2D eigenvalue weighted by molar-refractivity contribution is 5.68. The molecule has 2 rings (SSSR count). The molecule has 1 aromatic rings. The van der Waals surface area contributed by atoms with Gasteiger partial charge >= 0.3 is 6.09 Å². The van der Waals surface area contributed by atoms with Crippen molar-refractivity contribution in [2.45, 2.75) is 52.7 Å². The number of nitrogens with one attached hydrogen (secondary N) is 1. The van der Waals surface area contributed by atoms with Crippen molar-refractivity contribution in [3.8, 4) is 5.88 Å². The Balaban J connectivity index is 2.01. The van der Waals surface area contributed by atoms with Gasteiger partial charge in [0, 0.05) is 37.7 Å². The molecule has 7 heteroatoms. The summed E-state index contributed by atoms with van der Waals surface area (Å²) in [5.74, 6) is 1.50. The van der Waals surface area contributed by atoms with Gasteiger partial charge in [0.2, 0.25) is 5.88 Å². The summed E-state index contributed by atoms with van der Waals surface area (Å²) in [7, 11) is 3.48. The monoisotopic (exact) mass is 338 g/mol. The molecule has 136 valence electrons. The van der Waals surface area contributed by atoms with E-state index in [9.17, 15) is 4.79 Å². The Labute approximate surface area is 144 Å². The van der Waals surface area contributed by atoms with Gasteiger partial charge in [-0.2, -0.15) is 5.10 Å². The lowest BCUT2D eigenvalue weighted by Crippen LogP contribution is -2.54. The third kappa shape index (κ3) is 4.33. The number of piperidine rings is 1. The number of methoxy groups -OCH3 is 1. The molecule has 1 amide bonds. The summed E-state index contributed by atoms with van der Waals surface area (Å²) in [6.07, 6.45) is 0.596. The molecule has 24 heavy (non-hydrogen) atoms. The third-order valence-electron chi connectivity index (χ3n) is 4.25. The Kier molecular flexibility index (Phi) is 5.01. The van der Waals surface area contributed by atoms with E-state index in [0.717, 1.165) is 12.2 Å². The van der Waals surface area contributed by atoms with Crippen LogP contribution in [0.5, 0.6) is 5.88 Å². The molecule has 1 unspecified atom stereocenters. The first-order chi connectivity index (χ1) is 11.0. The molecule has 1 N–H and O–H groups in total. The van der Waals surface area contributed by atoms with Crippen molar-refractivity contribution in [3.05, 3.63) is 6.07 Å². The van der Waals surface area contributed by atoms with Crippen molar-refractivity contribution in [3.63, 3.8) is 0 Å². The lowest BCUT2D eigenvalue weighted by molar-refractivity contribution is 0.00689. The van der Waals surface area contributed by atoms with E-state index in [1.165, 1.54) is 0 Å². The second-order valence-electron chi connectivity index (χ2n) is 8.07. The van der Waals surface area contributed by atoms with Crippen molar-refractivity contribution in [1.82, 2.24) is 14.7 Å². The number of hydrogen-bond donors (Lipinski definition) is 1. The lowest BCUT2D eigenvalue weighted by Gasteiger charge is -2.44. The largest absolute Gasteiger partial charge is 0.481 e. The fourth-order valence-electron chi connectivity index (χ4n) is 3.00. The highest BCUT2D eigenvalue weighted by Crippen LogP contribution is 2.32. The van der Waals surface area contributed by atoms with Crippen molar-refractivity contribution in [2.24, 2.45) is 12.5 Å². The molecule has 1 fully saturated rings. The average molecular weight is 338 g/mol. The topological polar surface area (TPSA) is 68.6 Å². The maximum Gasteiger partial charge on any atom is 0.410 e. The standard InChI is InChI=1S/C17H30N4O3/c1-16(2,3)24-15(22)21-9-8-12(17(4,5)11-21)18-13-10-14(23-7)20(6)19-13/h10,12H,8-9,11H2,1-7H3,(H,18,19). The number of carbonyl (C=O) groups excluding carboxylic acids is 1. The minimum absolute atomic E-state index is 0.0973. The molecular weight excluding hydrogens is 308 g/mol. The maximum atomic E-state index is 12.3. The van der Waals surface area contributed by atoms with E-state index in [4.69, 9.17) is 9.47 Å². The molecule has 0 saturated carbocycles. The van der Waals surface area contributed by atoms with E-state index >= 15 is 0 Å². The van der Waals surface area contributed by atoms with Crippen LogP contribution in [0, 0.1) is 5.41 Å². The van der Waals surface area contributed by atoms with E-state index in [1.54, 1.807) is 16.7 Å². The van der Waals surface area contributed by atoms with Crippen molar-refractivity contribution in [2.75, 3.05) is 25.5 Å². The van der Waals surface area contributed by atoms with Gasteiger partial charge in [-0.15, -0.1) is 0 Å². The number of nitrogens with zero attached hydrogens (tertiary/aromatic N) is 3. The summed E-state index contributed by atoms with van der Waals surface area (Å²) in [4.78, 5) is 14.1. The van der Waals surface area contributed by atoms with Gasteiger partial charge in [-0.05, 0) is 27.2 Å². The number of carbonyl (C=O) groups is 1. The first-order valence-electron chi connectivity index (χ1n) is 8.34. The maximum absolute atomic E-state index is 12.3. The molecule has 0 aromatic carbocycles. The summed E-state index contributed by atoms with van der Waals surface area (Å²) in [5, 5.41) is 7.90. The van der Waals surface area contributed by atoms with Crippen molar-refractivity contribution < 1.29 is 14.3 Å². The van der Waals surface area contributed by atoms with Crippen LogP contribution in [0.25, 0.3) is 0 Å². The highest BCUT2D eigenvalue weighted by Gasteiger charge is 2.39. The van der Waals surface area contributed by atoms with Crippen LogP contribution in [0.3, 0.4) is 0 Å². The van der Waals surface area contributed by atoms with Crippen LogP contribution >= 0.6 is 0 Å². The normalized spacial score (nSPS) is 20.6. The zero-order chi connectivity index (χ0) is 18.1. The number of aryl methyl sites for hydroxylation is 1. The molecule has 1 saturated heterocycles. The molecular formula is C17H30N4O3. The van der Waals surface area contributed by atoms with Crippen LogP contribution in [-0.2, 0) is 11.8 Å². The molecule has 0 aliphatic carbocycles. The molecule has 1 aliphatic heterocycles. The zero-order valence-electron chi connectivity index (χ0n) is 15.8. The second kappa shape index (κ2) is 6.53. The molecule has 0 radical (unpaired) electrons. The SMILES string of the molecule is COc1cc(NC2CCN(C(=O)OC(C)(C)C)CC2(C)C)nn1C. The minimum Gasteiger partial charge on any atom is -0.481 e. The van der Waals surface area contributed by atoms with Gasteiger partial charge in [0.1, 0.15) is 5.60 Å². The first-order valence-corrected chi connectivity index (χ1v) is 8.34. The van der Waals surface area contributed by atoms with Crippen LogP contribution in [0.2, 0.25) is 0 Å². The zero-order valence-corrected chi connectivity index (χ0v) is 15.8. The Morgan fingerprint density at radius 2 is 2.08 bits per heavy atom. The van der Waals surface area contributed by atoms with Gasteiger partial charge in [0.15, 0.2) is 5.82 Å². The summed E-state index contributed by atoms with van der Waals surface area (Å²) in [6.45, 7) is 11.3. The van der Waals surface area contributed by atoms with Gasteiger partial charge in [-0.3, -0.25) is 0 Å². The van der Waals surface area contributed by atoms with Crippen LogP contribution in [-0.4, -0.2) is 52.6 Å². The molecule has 1 atom stereocenters. The number of amides is 1. The number of rotatable bonds is 3. The molecule has 0 spiro atoms. The van der Waals surface area contributed by atoms with Gasteiger partial charge in [-0.1, -0.05) is 13.8 Å². The van der Waals surface area contributed by atoms with Crippen LogP contribution in [0.4, 0.5) is 10.6 Å². The van der Waals surface area contributed by atoms with E-state index in [-0.39, 0.29) is 17.6 Å². The van der Waals surface area contributed by atoms with E-state index in [0.29, 0.717) is 19.0 Å². The van der Waals surface area contributed by atoms with Crippen LogP contribution in [0.1, 0.15) is 41.0 Å². The quantitative estimate of drug-likeness (QED) is 0.918. The fraction of sp³-hybridized carbons (Fsp3) is 0.765. The fourth-order valence-corrected chi connectivity index (χ4v) is 3.00. The predicted molar refractivity (Wildman–Crippen MR) is 93.4 cm³/mol. The predicted octanol–water partition coefficient (Wildman–Crippen LogP) is 2.88. The van der Waals surface area contributed by atoms with E-state index < -0.39 is 5.60 Å². The van der Waals surface area contributed by atoms with E-state index in [2.05, 4.69) is 24.3 Å². The third-order valence-corrected chi connectivity index (χ3v) is 4.25. The smallest absolute Gasteiger partial charge is 0.410 e. The Hall–Kier alpha value is -1.92. The summed E-state index contributed by atoms with van der Waals surface area (Å²) >= 11 is 0. The lowest BCUT2D eigenvalue weighted by atomic mass is 9.79. The average Bonchev–Trinajstić information content (AvgIpc) is 2.78. The number of anilines is 1. The molecule has 7 nitrogen and oxygen atoms in total. The number of hydrogen-bond acceptors (Lipinski definition) is 5. The summed E-state index contributed by atoms with van der Waals surface area (Å²) in [6, 6.07) is 2.10. The van der Waals surface area contributed by atoms with Crippen LogP contribution in [0.15, 0.2) is 6.07 Å². The second-order valence-corrected chi connectivity index (χ2v) is 8.07. The number of aromatic nitrogens is 2. The Morgan fingerprint density at radius 1 is 1.42 bits per heavy atom.